The Bertz CT molecular complexity index is 808. The van der Waals surface area contributed by atoms with Crippen molar-refractivity contribution in [2.75, 3.05) is 4.72 Å². The van der Waals surface area contributed by atoms with Gasteiger partial charge < -0.3 is 0 Å². The second-order valence-corrected chi connectivity index (χ2v) is 6.38. The van der Waals surface area contributed by atoms with Crippen LogP contribution in [0.4, 0.5) is 32.0 Å². The van der Waals surface area contributed by atoms with Gasteiger partial charge in [0.1, 0.15) is 0 Å². The first-order valence-corrected chi connectivity index (χ1v) is 7.75. The Morgan fingerprint density at radius 2 is 1.12 bits per heavy atom. The lowest BCUT2D eigenvalue weighted by atomic mass is 10.0. The van der Waals surface area contributed by atoms with E-state index in [0.29, 0.717) is 11.1 Å². The molecule has 1 N–H and O–H groups in total. The number of benzene rings is 2. The van der Waals surface area contributed by atoms with Crippen molar-refractivity contribution < 1.29 is 34.8 Å². The summed E-state index contributed by atoms with van der Waals surface area (Å²) in [4.78, 5) is 0. The molecule has 130 valence electrons. The van der Waals surface area contributed by atoms with Crippen LogP contribution in [0.25, 0.3) is 11.1 Å². The zero-order chi connectivity index (χ0) is 18.2. The molecule has 0 unspecified atom stereocenters. The van der Waals surface area contributed by atoms with Crippen molar-refractivity contribution in [2.45, 2.75) is 11.7 Å². The van der Waals surface area contributed by atoms with E-state index >= 15 is 0 Å². The average molecular weight is 369 g/mol. The van der Waals surface area contributed by atoms with Gasteiger partial charge in [0, 0.05) is 5.69 Å². The van der Waals surface area contributed by atoms with Gasteiger partial charge in [-0.05, 0) is 35.4 Å². The van der Waals surface area contributed by atoms with Crippen LogP contribution in [0.15, 0.2) is 48.5 Å². The average Bonchev–Trinajstić information content (AvgIpc) is 2.46. The molecule has 0 heterocycles. The third-order valence-electron chi connectivity index (χ3n) is 2.99. The molecule has 2 aromatic carbocycles. The molecule has 0 saturated heterocycles. The van der Waals surface area contributed by atoms with Gasteiger partial charge in [-0.15, -0.1) is 0 Å². The molecule has 24 heavy (non-hydrogen) atoms. The molecule has 2 aromatic rings. The highest BCUT2D eigenvalue weighted by Crippen LogP contribution is 2.31. The Morgan fingerprint density at radius 1 is 0.708 bits per heavy atom. The summed E-state index contributed by atoms with van der Waals surface area (Å²) in [5.41, 5.74) is -5.78. The number of anilines is 1. The topological polar surface area (TPSA) is 46.2 Å². The van der Waals surface area contributed by atoms with Crippen molar-refractivity contribution in [3.63, 3.8) is 0 Å². The van der Waals surface area contributed by atoms with E-state index in [2.05, 4.69) is 0 Å². The van der Waals surface area contributed by atoms with Crippen LogP contribution in [-0.4, -0.2) is 13.9 Å². The van der Waals surface area contributed by atoms with Gasteiger partial charge in [-0.3, -0.25) is 4.72 Å². The molecule has 0 aromatic heterocycles. The molecule has 0 aliphatic carbocycles. The Labute approximate surface area is 133 Å². The van der Waals surface area contributed by atoms with E-state index in [1.165, 1.54) is 29.0 Å². The lowest BCUT2D eigenvalue weighted by molar-refractivity contribution is -0.137. The largest absolute Gasteiger partial charge is 0.516 e. The van der Waals surface area contributed by atoms with Gasteiger partial charge in [0.25, 0.3) is 0 Å². The molecule has 3 nitrogen and oxygen atoms in total. The molecule has 0 amide bonds. The van der Waals surface area contributed by atoms with Gasteiger partial charge in [-0.25, -0.2) is 0 Å². The summed E-state index contributed by atoms with van der Waals surface area (Å²) in [6.45, 7) is 0. The van der Waals surface area contributed by atoms with Gasteiger partial charge in [-0.2, -0.15) is 34.8 Å². The molecular formula is C14H9F6NO2S. The third-order valence-corrected chi connectivity index (χ3v) is 4.10. The van der Waals surface area contributed by atoms with Crippen LogP contribution in [0, 0.1) is 0 Å². The number of hydrogen-bond donors (Lipinski definition) is 1. The Morgan fingerprint density at radius 3 is 1.50 bits per heavy atom. The predicted molar refractivity (Wildman–Crippen MR) is 75.5 cm³/mol. The molecule has 0 spiro atoms. The van der Waals surface area contributed by atoms with Gasteiger partial charge in [0.15, 0.2) is 0 Å². The molecule has 0 atom stereocenters. The third kappa shape index (κ3) is 3.99. The van der Waals surface area contributed by atoms with Crippen LogP contribution in [0.2, 0.25) is 0 Å². The maximum absolute atomic E-state index is 12.5. The van der Waals surface area contributed by atoms with Crippen LogP contribution >= 0.6 is 0 Å². The normalized spacial score (nSPS) is 12.9. The zero-order valence-electron chi connectivity index (χ0n) is 11.6. The Hall–Kier alpha value is -2.23. The van der Waals surface area contributed by atoms with Crippen molar-refractivity contribution in [3.8, 4) is 11.1 Å². The molecular weight excluding hydrogens is 360 g/mol. The van der Waals surface area contributed by atoms with E-state index in [1.54, 1.807) is 0 Å². The maximum Gasteiger partial charge on any atom is 0.516 e. The fourth-order valence-corrected chi connectivity index (χ4v) is 2.36. The van der Waals surface area contributed by atoms with Crippen LogP contribution in [0.3, 0.4) is 0 Å². The number of alkyl halides is 6. The zero-order valence-corrected chi connectivity index (χ0v) is 12.4. The molecule has 0 aliphatic heterocycles. The van der Waals surface area contributed by atoms with Crippen LogP contribution in [-0.2, 0) is 16.2 Å². The number of hydrogen-bond acceptors (Lipinski definition) is 2. The molecule has 0 aliphatic rings. The van der Waals surface area contributed by atoms with E-state index in [4.69, 9.17) is 0 Å². The SMILES string of the molecule is O=S(=O)(Nc1ccc(-c2ccc(C(F)(F)F)cc2)cc1)C(F)(F)F. The second-order valence-electron chi connectivity index (χ2n) is 4.70. The van der Waals surface area contributed by atoms with Crippen molar-refractivity contribution in [1.82, 2.24) is 0 Å². The van der Waals surface area contributed by atoms with Crippen molar-refractivity contribution in [3.05, 3.63) is 54.1 Å². The predicted octanol–water partition coefficient (Wildman–Crippen LogP) is 4.63. The number of halogens is 6. The molecule has 0 saturated carbocycles. The summed E-state index contributed by atoms with van der Waals surface area (Å²) in [6, 6.07) is 8.89. The first kappa shape index (κ1) is 18.1. The smallest absolute Gasteiger partial charge is 0.276 e. The van der Waals surface area contributed by atoms with E-state index in [0.717, 1.165) is 24.3 Å². The first-order chi connectivity index (χ1) is 10.9. The first-order valence-electron chi connectivity index (χ1n) is 6.27. The summed E-state index contributed by atoms with van der Waals surface area (Å²) in [7, 11) is -5.53. The van der Waals surface area contributed by atoms with Crippen LogP contribution in [0.1, 0.15) is 5.56 Å². The van der Waals surface area contributed by atoms with Gasteiger partial charge in [0.2, 0.25) is 0 Å². The fourth-order valence-electron chi connectivity index (χ4n) is 1.80. The van der Waals surface area contributed by atoms with Crippen molar-refractivity contribution in [2.24, 2.45) is 0 Å². The highest BCUT2D eigenvalue weighted by atomic mass is 32.2. The molecule has 0 radical (unpaired) electrons. The van der Waals surface area contributed by atoms with Crippen molar-refractivity contribution >= 4 is 15.7 Å². The minimum absolute atomic E-state index is 0.317. The summed E-state index contributed by atoms with van der Waals surface area (Å²) in [5, 5.41) is 0. The van der Waals surface area contributed by atoms with Crippen molar-refractivity contribution in [1.29, 1.82) is 0 Å². The number of rotatable bonds is 3. The van der Waals surface area contributed by atoms with Gasteiger partial charge in [0.05, 0.1) is 5.56 Å². The standard InChI is InChI=1S/C14H9F6NO2S/c15-13(16,17)11-5-1-9(2-6-11)10-3-7-12(8-4-10)21-24(22,23)14(18,19)20/h1-8,21H. The lowest BCUT2D eigenvalue weighted by Crippen LogP contribution is -2.29. The maximum atomic E-state index is 12.5. The Kier molecular flexibility index (Phi) is 4.53. The minimum Gasteiger partial charge on any atom is -0.276 e. The van der Waals surface area contributed by atoms with Gasteiger partial charge >= 0.3 is 21.7 Å². The monoisotopic (exact) mass is 369 g/mol. The molecule has 0 fully saturated rings. The highest BCUT2D eigenvalue weighted by Gasteiger charge is 2.46. The number of sulfonamides is 1. The fraction of sp³-hybridized carbons (Fsp3) is 0.143. The Balaban J connectivity index is 2.21. The molecule has 10 heteroatoms. The lowest BCUT2D eigenvalue weighted by Gasteiger charge is -2.11. The van der Waals surface area contributed by atoms with E-state index in [1.807, 2.05) is 0 Å². The van der Waals surface area contributed by atoms with E-state index in [-0.39, 0.29) is 5.69 Å². The summed E-state index contributed by atoms with van der Waals surface area (Å²) in [6.07, 6.45) is -4.47. The van der Waals surface area contributed by atoms with E-state index < -0.39 is 27.3 Å². The van der Waals surface area contributed by atoms with Gasteiger partial charge in [-0.1, -0.05) is 24.3 Å². The summed E-state index contributed by atoms with van der Waals surface area (Å²) < 4.78 is 97.5. The quantitative estimate of drug-likeness (QED) is 0.802. The summed E-state index contributed by atoms with van der Waals surface area (Å²) >= 11 is 0. The summed E-state index contributed by atoms with van der Waals surface area (Å²) in [5.74, 6) is 0. The number of nitrogens with one attached hydrogen (secondary N) is 1. The molecule has 2 rings (SSSR count). The van der Waals surface area contributed by atoms with Crippen LogP contribution < -0.4 is 4.72 Å². The minimum atomic E-state index is -5.53. The second kappa shape index (κ2) is 6.00. The molecule has 0 bridgehead atoms. The van der Waals surface area contributed by atoms with E-state index in [9.17, 15) is 34.8 Å². The van der Waals surface area contributed by atoms with Crippen LogP contribution in [0.5, 0.6) is 0 Å². The highest BCUT2D eigenvalue weighted by molar-refractivity contribution is 7.93.